The van der Waals surface area contributed by atoms with Gasteiger partial charge in [-0.2, -0.15) is 0 Å². The van der Waals surface area contributed by atoms with Gasteiger partial charge in [-0.05, 0) is 160 Å². The molecule has 0 atom stereocenters. The normalized spacial score (nSPS) is 12.6. The fraction of sp³-hybridized carbons (Fsp3) is 0.189. The monoisotopic (exact) mass is 1060 g/mol. The first-order valence-electron chi connectivity index (χ1n) is 28.1. The Morgan fingerprint density at radius 1 is 0.469 bits per heavy atom. The second kappa shape index (κ2) is 20.6. The quantitative estimate of drug-likeness (QED) is 0.121. The van der Waals surface area contributed by atoms with Gasteiger partial charge in [-0.15, -0.1) is 0 Å². The Bertz CT molecular complexity index is 4220. The van der Waals surface area contributed by atoms with Gasteiger partial charge in [0.05, 0.1) is 28.2 Å². The molecule has 1 aliphatic rings. The van der Waals surface area contributed by atoms with Crippen LogP contribution in [0.3, 0.4) is 0 Å². The molecule has 0 N–H and O–H groups in total. The van der Waals surface area contributed by atoms with Gasteiger partial charge in [-0.25, -0.2) is 13.8 Å². The summed E-state index contributed by atoms with van der Waals surface area (Å²) in [7, 11) is 0. The standard InChI is InChI=1S/C74H66F2N4O/c1-46(2)62-38-51(48-18-12-11-13-19-48)39-63(47(3)4)71(62)52-36-57(43-59(37-52)81-58-32-33-61-60-20-14-15-21-66(60)80(69(61)44-58)70-42-53(34-35-77-70)73(5,6)7)78-45-79(68-23-17-16-22-67(68)78)72-64(49-24-28-55(75)29-25-49)40-54(74(8,9)10)41-65(72)50-26-30-56(76)31-27-50/h11-44,46-47H,1-10H3/q+2. The first-order valence-corrected chi connectivity index (χ1v) is 28.1. The summed E-state index contributed by atoms with van der Waals surface area (Å²) in [5.74, 6) is 1.89. The highest BCUT2D eigenvalue weighted by Crippen LogP contribution is 2.49. The molecule has 0 radical (unpaired) electrons. The minimum absolute atomic E-state index is 0.0748. The van der Waals surface area contributed by atoms with E-state index in [1.807, 2.05) is 36.5 Å². The van der Waals surface area contributed by atoms with Crippen LogP contribution in [0.1, 0.15) is 103 Å². The molecule has 9 aromatic carbocycles. The molecule has 0 unspecified atom stereocenters. The molecule has 2 aromatic heterocycles. The number of aromatic nitrogens is 2. The molecule has 0 aliphatic carbocycles. The topological polar surface area (TPSA) is 33.1 Å². The van der Waals surface area contributed by atoms with Gasteiger partial charge >= 0.3 is 6.01 Å². The van der Waals surface area contributed by atoms with Crippen molar-refractivity contribution in [3.63, 3.8) is 0 Å². The lowest BCUT2D eigenvalue weighted by atomic mass is 9.82. The van der Waals surface area contributed by atoms with Crippen LogP contribution in [0.4, 0.5) is 31.5 Å². The first-order chi connectivity index (χ1) is 38.9. The number of para-hydroxylation sites is 3. The van der Waals surface area contributed by atoms with E-state index in [2.05, 4.69) is 235 Å². The van der Waals surface area contributed by atoms with Gasteiger partial charge in [0.1, 0.15) is 29.0 Å². The maximum atomic E-state index is 14.8. The Balaban J connectivity index is 1.13. The highest BCUT2D eigenvalue weighted by atomic mass is 19.1. The molecule has 0 amide bonds. The van der Waals surface area contributed by atoms with Gasteiger partial charge in [-0.3, -0.25) is 4.57 Å². The predicted molar refractivity (Wildman–Crippen MR) is 333 cm³/mol. The number of nitrogens with zero attached hydrogens (tertiary/aromatic N) is 4. The van der Waals surface area contributed by atoms with E-state index in [-0.39, 0.29) is 34.3 Å². The lowest BCUT2D eigenvalue weighted by molar-refractivity contribution is 0.483. The van der Waals surface area contributed by atoms with E-state index in [1.54, 1.807) is 0 Å². The smallest absolute Gasteiger partial charge is 0.457 e. The summed E-state index contributed by atoms with van der Waals surface area (Å²) in [5.41, 5.74) is 17.9. The van der Waals surface area contributed by atoms with Gasteiger partial charge in [0, 0.05) is 41.2 Å². The van der Waals surface area contributed by atoms with Crippen molar-refractivity contribution in [3.8, 4) is 61.8 Å². The average molecular weight is 1070 g/mol. The van der Waals surface area contributed by atoms with E-state index in [4.69, 9.17) is 9.72 Å². The molecule has 3 heterocycles. The van der Waals surface area contributed by atoms with E-state index >= 15 is 0 Å². The summed E-state index contributed by atoms with van der Waals surface area (Å²) in [6.07, 6.45) is 1.91. The lowest BCUT2D eigenvalue weighted by Crippen LogP contribution is -2.13. The third kappa shape index (κ3) is 9.97. The van der Waals surface area contributed by atoms with Crippen molar-refractivity contribution in [3.05, 3.63) is 240 Å². The lowest BCUT2D eigenvalue weighted by Gasteiger charge is -2.23. The van der Waals surface area contributed by atoms with Gasteiger partial charge < -0.3 is 4.74 Å². The van der Waals surface area contributed by atoms with Crippen molar-refractivity contribution in [1.82, 2.24) is 18.7 Å². The van der Waals surface area contributed by atoms with Crippen molar-refractivity contribution >= 4 is 50.6 Å². The number of fused-ring (bicyclic) bond motifs is 4. The molecule has 0 fully saturated rings. The third-order valence-electron chi connectivity index (χ3n) is 15.8. The number of rotatable bonds is 11. The molecule has 12 rings (SSSR count). The fourth-order valence-electron chi connectivity index (χ4n) is 11.5. The van der Waals surface area contributed by atoms with Crippen LogP contribution in [0.5, 0.6) is 11.5 Å². The third-order valence-corrected chi connectivity index (χ3v) is 15.8. The summed E-state index contributed by atoms with van der Waals surface area (Å²) in [4.78, 5) is 4.97. The highest BCUT2D eigenvalue weighted by Gasteiger charge is 2.40. The van der Waals surface area contributed by atoms with Crippen LogP contribution in [-0.4, -0.2) is 15.6 Å². The van der Waals surface area contributed by atoms with Crippen LogP contribution >= 0.6 is 0 Å². The zero-order valence-electron chi connectivity index (χ0n) is 47.7. The van der Waals surface area contributed by atoms with E-state index < -0.39 is 0 Å². The molecule has 0 bridgehead atoms. The van der Waals surface area contributed by atoms with Gasteiger partial charge in [0.15, 0.2) is 0 Å². The first kappa shape index (κ1) is 52.7. The molecule has 0 saturated heterocycles. The number of benzene rings is 9. The van der Waals surface area contributed by atoms with Gasteiger partial charge in [0.2, 0.25) is 11.4 Å². The molecular formula is C74H66F2N4O+2. The summed E-state index contributed by atoms with van der Waals surface area (Å²) in [6.45, 7) is 22.4. The minimum atomic E-state index is -0.319. The van der Waals surface area contributed by atoms with Crippen LogP contribution in [-0.2, 0) is 10.8 Å². The van der Waals surface area contributed by atoms with Crippen molar-refractivity contribution in [1.29, 1.82) is 0 Å². The van der Waals surface area contributed by atoms with Gasteiger partial charge in [-0.1, -0.05) is 166 Å². The molecule has 1 aliphatic heterocycles. The van der Waals surface area contributed by atoms with Crippen LogP contribution in [0.2, 0.25) is 0 Å². The molecule has 7 heteroatoms. The summed E-state index contributed by atoms with van der Waals surface area (Å²) >= 11 is 0. The fourth-order valence-corrected chi connectivity index (χ4v) is 11.5. The van der Waals surface area contributed by atoms with E-state index in [0.717, 1.165) is 83.8 Å². The van der Waals surface area contributed by atoms with Crippen molar-refractivity contribution in [2.45, 2.75) is 91.9 Å². The average Bonchev–Trinajstić information content (AvgIpc) is 4.09. The Labute approximate surface area is 474 Å². The molecule has 0 spiro atoms. The second-order valence-corrected chi connectivity index (χ2v) is 24.2. The molecule has 5 nitrogen and oxygen atoms in total. The number of hydrogen-bond acceptors (Lipinski definition) is 2. The Kier molecular flexibility index (Phi) is 13.4. The Morgan fingerprint density at radius 3 is 1.64 bits per heavy atom. The predicted octanol–water partition coefficient (Wildman–Crippen LogP) is 20.6. The number of pyridine rings is 1. The van der Waals surface area contributed by atoms with Crippen molar-refractivity contribution in [2.75, 3.05) is 0 Å². The maximum absolute atomic E-state index is 14.8. The SMILES string of the molecule is CC(C)c1cc(-c2ccccc2)cc(C(C)C)c1-c1cc(Oc2ccc3c4ccccc4n(-c4cc(C(C)(C)C)ccn4)c3c2)cc([N+]2=C=[N+](c3c(-c4ccc(F)cc4)cc(C(C)(C)C)cc3-c3ccc(F)cc3)c3ccccc32)c1. The number of hydrogen-bond donors (Lipinski definition) is 0. The maximum Gasteiger partial charge on any atom is 0.503 e. The highest BCUT2D eigenvalue weighted by molar-refractivity contribution is 6.09. The number of halogens is 2. The van der Waals surface area contributed by atoms with Crippen LogP contribution in [0, 0.1) is 11.6 Å². The van der Waals surface area contributed by atoms with Crippen molar-refractivity contribution in [2.24, 2.45) is 0 Å². The van der Waals surface area contributed by atoms with Crippen LogP contribution in [0.25, 0.3) is 72.1 Å². The number of ether oxygens (including phenoxy) is 1. The summed E-state index contributed by atoms with van der Waals surface area (Å²) in [5, 5.41) is 2.24. The van der Waals surface area contributed by atoms with Crippen LogP contribution in [0.15, 0.2) is 206 Å². The Morgan fingerprint density at radius 2 is 1.04 bits per heavy atom. The molecule has 81 heavy (non-hydrogen) atoms. The minimum Gasteiger partial charge on any atom is -0.457 e. The largest absolute Gasteiger partial charge is 0.503 e. The van der Waals surface area contributed by atoms with E-state index in [9.17, 15) is 8.78 Å². The molecule has 400 valence electrons. The van der Waals surface area contributed by atoms with E-state index in [0.29, 0.717) is 11.5 Å². The van der Waals surface area contributed by atoms with Crippen LogP contribution < -0.4 is 13.9 Å². The zero-order chi connectivity index (χ0) is 56.5. The summed E-state index contributed by atoms with van der Waals surface area (Å²) in [6, 6.07) is 71.1. The molecule has 11 aromatic rings. The van der Waals surface area contributed by atoms with E-state index in [1.165, 1.54) is 57.6 Å². The summed E-state index contributed by atoms with van der Waals surface area (Å²) < 4.78 is 43.4. The molecular weight excluding hydrogens is 999 g/mol. The molecule has 0 saturated carbocycles. The Hall–Kier alpha value is -9.03. The van der Waals surface area contributed by atoms with Crippen molar-refractivity contribution < 1.29 is 13.5 Å². The second-order valence-electron chi connectivity index (χ2n) is 24.2. The zero-order valence-corrected chi connectivity index (χ0v) is 47.7. The van der Waals surface area contributed by atoms with Gasteiger partial charge in [0.25, 0.3) is 11.4 Å².